The van der Waals surface area contributed by atoms with Gasteiger partial charge in [-0.25, -0.2) is 0 Å². The number of carbonyl (C=O) groups is 2. The Labute approximate surface area is 153 Å². The number of carbonyl (C=O) groups excluding carboxylic acids is 2. The van der Waals surface area contributed by atoms with Crippen LogP contribution >= 0.6 is 0 Å². The van der Waals surface area contributed by atoms with Gasteiger partial charge in [0.05, 0.1) is 18.4 Å². The van der Waals surface area contributed by atoms with Crippen molar-refractivity contribution < 1.29 is 18.7 Å². The molecule has 2 aromatic rings. The van der Waals surface area contributed by atoms with Crippen LogP contribution in [0.1, 0.15) is 29.3 Å². The van der Waals surface area contributed by atoms with Crippen LogP contribution in [-0.2, 0) is 11.2 Å². The molecule has 1 aliphatic rings. The molecule has 1 saturated heterocycles. The number of rotatable bonds is 6. The average Bonchev–Trinajstić information content (AvgIpc) is 3.21. The fraction of sp³-hybridized carbons (Fsp3) is 0.400. The zero-order valence-corrected chi connectivity index (χ0v) is 15.0. The summed E-state index contributed by atoms with van der Waals surface area (Å²) in [7, 11) is 0. The molecule has 0 saturated carbocycles. The van der Waals surface area contributed by atoms with Crippen LogP contribution in [0.25, 0.3) is 0 Å². The molecular weight excluding hydrogens is 332 g/mol. The van der Waals surface area contributed by atoms with Crippen molar-refractivity contribution in [3.63, 3.8) is 0 Å². The minimum atomic E-state index is -0.0449. The molecule has 0 spiro atoms. The lowest BCUT2D eigenvalue weighted by molar-refractivity contribution is -0.132. The van der Waals surface area contributed by atoms with E-state index >= 15 is 0 Å². The van der Waals surface area contributed by atoms with Crippen LogP contribution in [0.2, 0.25) is 0 Å². The molecule has 1 aromatic heterocycles. The Hall–Kier alpha value is -2.76. The largest absolute Gasteiger partial charge is 0.494 e. The highest BCUT2D eigenvalue weighted by molar-refractivity contribution is 5.94. The minimum absolute atomic E-state index is 0.0449. The number of piperazine rings is 1. The van der Waals surface area contributed by atoms with E-state index in [1.54, 1.807) is 11.0 Å². The number of aryl methyl sites for hydroxylation is 1. The molecule has 1 aromatic carbocycles. The van der Waals surface area contributed by atoms with E-state index in [4.69, 9.17) is 9.15 Å². The summed E-state index contributed by atoms with van der Waals surface area (Å²) in [5.74, 6) is 0.918. The Balaban J connectivity index is 1.49. The van der Waals surface area contributed by atoms with Crippen LogP contribution in [0.5, 0.6) is 5.75 Å². The Kier molecular flexibility index (Phi) is 5.94. The Morgan fingerprint density at radius 1 is 1.08 bits per heavy atom. The van der Waals surface area contributed by atoms with Crippen LogP contribution in [0, 0.1) is 0 Å². The zero-order valence-electron chi connectivity index (χ0n) is 15.0. The quantitative estimate of drug-likeness (QED) is 0.798. The number of hydrogen-bond acceptors (Lipinski definition) is 4. The molecule has 0 aliphatic carbocycles. The number of hydrogen-bond donors (Lipinski definition) is 0. The summed E-state index contributed by atoms with van der Waals surface area (Å²) < 4.78 is 10.6. The number of benzene rings is 1. The van der Waals surface area contributed by atoms with Gasteiger partial charge < -0.3 is 19.0 Å². The van der Waals surface area contributed by atoms with Gasteiger partial charge in [-0.1, -0.05) is 18.2 Å². The SMILES string of the molecule is CCOc1ccccc1CCC(=O)N1CCN(C(=O)c2ccoc2)CC1. The number of nitrogens with zero attached hydrogens (tertiary/aromatic N) is 2. The third-order valence-corrected chi connectivity index (χ3v) is 4.57. The van der Waals surface area contributed by atoms with Crippen LogP contribution in [0.15, 0.2) is 47.3 Å². The van der Waals surface area contributed by atoms with E-state index in [1.807, 2.05) is 36.1 Å². The zero-order chi connectivity index (χ0) is 18.4. The highest BCUT2D eigenvalue weighted by atomic mass is 16.5. The first-order chi connectivity index (χ1) is 12.7. The van der Waals surface area contributed by atoms with Gasteiger partial charge in [-0.2, -0.15) is 0 Å². The van der Waals surface area contributed by atoms with Gasteiger partial charge in [-0.3, -0.25) is 9.59 Å². The van der Waals surface area contributed by atoms with E-state index in [-0.39, 0.29) is 11.8 Å². The molecule has 2 amide bonds. The second-order valence-corrected chi connectivity index (χ2v) is 6.23. The molecule has 0 atom stereocenters. The summed E-state index contributed by atoms with van der Waals surface area (Å²) in [5.41, 5.74) is 1.61. The lowest BCUT2D eigenvalue weighted by Crippen LogP contribution is -2.50. The van der Waals surface area contributed by atoms with Gasteiger partial charge in [0.1, 0.15) is 12.0 Å². The van der Waals surface area contributed by atoms with Crippen LogP contribution in [0.3, 0.4) is 0 Å². The predicted octanol–water partition coefficient (Wildman–Crippen LogP) is 2.60. The van der Waals surface area contributed by atoms with Gasteiger partial charge in [0.2, 0.25) is 5.91 Å². The fourth-order valence-electron chi connectivity index (χ4n) is 3.13. The molecule has 0 unspecified atom stereocenters. The van der Waals surface area contributed by atoms with Gasteiger partial charge in [0.25, 0.3) is 5.91 Å². The van der Waals surface area contributed by atoms with E-state index in [9.17, 15) is 9.59 Å². The van der Waals surface area contributed by atoms with Crippen molar-refractivity contribution in [3.8, 4) is 5.75 Å². The van der Waals surface area contributed by atoms with Crippen LogP contribution < -0.4 is 4.74 Å². The maximum Gasteiger partial charge on any atom is 0.257 e. The van der Waals surface area contributed by atoms with Crippen LogP contribution in [0.4, 0.5) is 0 Å². The topological polar surface area (TPSA) is 63.0 Å². The standard InChI is InChI=1S/C20H24N2O4/c1-2-26-18-6-4-3-5-16(18)7-8-19(23)21-10-12-22(13-11-21)20(24)17-9-14-25-15-17/h3-6,9,14-15H,2,7-8,10-13H2,1H3. The van der Waals surface area contributed by atoms with Crippen molar-refractivity contribution in [3.05, 3.63) is 54.0 Å². The Morgan fingerprint density at radius 2 is 1.81 bits per heavy atom. The molecule has 26 heavy (non-hydrogen) atoms. The molecule has 0 bridgehead atoms. The first-order valence-electron chi connectivity index (χ1n) is 8.99. The second-order valence-electron chi connectivity index (χ2n) is 6.23. The Bertz CT molecular complexity index is 734. The smallest absolute Gasteiger partial charge is 0.257 e. The lowest BCUT2D eigenvalue weighted by atomic mass is 10.1. The van der Waals surface area contributed by atoms with Gasteiger partial charge >= 0.3 is 0 Å². The molecule has 1 aliphatic heterocycles. The van der Waals surface area contributed by atoms with Crippen molar-refractivity contribution in [2.24, 2.45) is 0 Å². The first kappa shape index (κ1) is 18.0. The molecule has 138 valence electrons. The normalized spacial score (nSPS) is 14.3. The lowest BCUT2D eigenvalue weighted by Gasteiger charge is -2.34. The molecule has 6 heteroatoms. The summed E-state index contributed by atoms with van der Waals surface area (Å²) in [6.45, 7) is 4.78. The van der Waals surface area contributed by atoms with E-state index in [0.29, 0.717) is 51.2 Å². The third kappa shape index (κ3) is 4.25. The molecule has 0 radical (unpaired) electrons. The van der Waals surface area contributed by atoms with E-state index in [2.05, 4.69) is 0 Å². The van der Waals surface area contributed by atoms with Crippen molar-refractivity contribution >= 4 is 11.8 Å². The molecule has 2 heterocycles. The predicted molar refractivity (Wildman–Crippen MR) is 97.1 cm³/mol. The second kappa shape index (κ2) is 8.56. The number of furan rings is 1. The fourth-order valence-corrected chi connectivity index (χ4v) is 3.13. The minimum Gasteiger partial charge on any atom is -0.494 e. The highest BCUT2D eigenvalue weighted by Gasteiger charge is 2.25. The van der Waals surface area contributed by atoms with Crippen molar-refractivity contribution in [1.29, 1.82) is 0 Å². The summed E-state index contributed by atoms with van der Waals surface area (Å²) in [6, 6.07) is 9.49. The molecular formula is C20H24N2O4. The van der Waals surface area contributed by atoms with Crippen LogP contribution in [-0.4, -0.2) is 54.4 Å². The number of amides is 2. The summed E-state index contributed by atoms with van der Waals surface area (Å²) in [5, 5.41) is 0. The van der Waals surface area contributed by atoms with Crippen molar-refractivity contribution in [1.82, 2.24) is 9.80 Å². The van der Waals surface area contributed by atoms with E-state index in [0.717, 1.165) is 11.3 Å². The van der Waals surface area contributed by atoms with Gasteiger partial charge in [-0.15, -0.1) is 0 Å². The van der Waals surface area contributed by atoms with Gasteiger partial charge in [-0.05, 0) is 31.0 Å². The molecule has 3 rings (SSSR count). The maximum absolute atomic E-state index is 12.5. The third-order valence-electron chi connectivity index (χ3n) is 4.57. The van der Waals surface area contributed by atoms with Crippen molar-refractivity contribution in [2.75, 3.05) is 32.8 Å². The van der Waals surface area contributed by atoms with Gasteiger partial charge in [0, 0.05) is 32.6 Å². The average molecular weight is 356 g/mol. The highest BCUT2D eigenvalue weighted by Crippen LogP contribution is 2.20. The summed E-state index contributed by atoms with van der Waals surface area (Å²) >= 11 is 0. The first-order valence-corrected chi connectivity index (χ1v) is 8.99. The van der Waals surface area contributed by atoms with Crippen molar-refractivity contribution in [2.45, 2.75) is 19.8 Å². The number of para-hydroxylation sites is 1. The molecule has 6 nitrogen and oxygen atoms in total. The monoisotopic (exact) mass is 356 g/mol. The maximum atomic E-state index is 12.5. The van der Waals surface area contributed by atoms with E-state index < -0.39 is 0 Å². The summed E-state index contributed by atoms with van der Waals surface area (Å²) in [4.78, 5) is 28.4. The summed E-state index contributed by atoms with van der Waals surface area (Å²) in [6.07, 6.45) is 4.05. The molecule has 1 fully saturated rings. The van der Waals surface area contributed by atoms with Gasteiger partial charge in [0.15, 0.2) is 0 Å². The molecule has 0 N–H and O–H groups in total. The van der Waals surface area contributed by atoms with E-state index in [1.165, 1.54) is 12.5 Å². The number of ether oxygens (including phenoxy) is 1. The Morgan fingerprint density at radius 3 is 2.50 bits per heavy atom.